The zero-order chi connectivity index (χ0) is 13.8. The van der Waals surface area contributed by atoms with Gasteiger partial charge in [0, 0.05) is 23.3 Å². The van der Waals surface area contributed by atoms with Crippen molar-refractivity contribution in [3.63, 3.8) is 0 Å². The molecule has 0 aliphatic carbocycles. The summed E-state index contributed by atoms with van der Waals surface area (Å²) >= 11 is 5.09. The first-order valence-corrected chi connectivity index (χ1v) is 9.18. The molecule has 108 valence electrons. The minimum Gasteiger partial charge on any atom is -0.301 e. The van der Waals surface area contributed by atoms with Crippen LogP contribution in [0.3, 0.4) is 0 Å². The molecule has 19 heavy (non-hydrogen) atoms. The zero-order valence-electron chi connectivity index (χ0n) is 11.4. The minimum atomic E-state index is -0.0685. The summed E-state index contributed by atoms with van der Waals surface area (Å²) < 4.78 is 0. The maximum atomic E-state index is 11.1. The number of halogens is 1. The second kappa shape index (κ2) is 11.5. The van der Waals surface area contributed by atoms with Gasteiger partial charge < -0.3 is 4.98 Å². The highest BCUT2D eigenvalue weighted by Crippen LogP contribution is 2.15. The van der Waals surface area contributed by atoms with Gasteiger partial charge in [-0.1, -0.05) is 66.2 Å². The molecule has 1 rings (SSSR count). The van der Waals surface area contributed by atoms with Crippen LogP contribution in [0.15, 0.2) is 22.2 Å². The topological polar surface area (TPSA) is 45.8 Å². The Labute approximate surface area is 128 Å². The average Bonchev–Trinajstić information content (AvgIpc) is 2.41. The molecule has 0 saturated carbocycles. The molecule has 0 bridgehead atoms. The summed E-state index contributed by atoms with van der Waals surface area (Å²) in [6.07, 6.45) is 12.1. The van der Waals surface area contributed by atoms with Crippen LogP contribution >= 0.6 is 27.7 Å². The standard InChI is InChI=1S/C14H23BrN2OS/c15-10-7-5-3-1-2-4-6-8-12-19-14-16-11-9-13(18)17-14/h9,11H,1-8,10,12H2,(H,16,17,18). The summed E-state index contributed by atoms with van der Waals surface area (Å²) in [6.45, 7) is 0. The molecule has 0 saturated heterocycles. The third-order valence-corrected chi connectivity index (χ3v) is 4.45. The van der Waals surface area contributed by atoms with E-state index in [0.717, 1.165) is 16.2 Å². The largest absolute Gasteiger partial charge is 0.301 e. The van der Waals surface area contributed by atoms with Gasteiger partial charge in [0.2, 0.25) is 0 Å². The second-order valence-corrected chi connectivity index (χ2v) is 6.48. The molecule has 1 aromatic rings. The number of thioether (sulfide) groups is 1. The van der Waals surface area contributed by atoms with Crippen molar-refractivity contribution in [3.8, 4) is 0 Å². The molecule has 1 heterocycles. The lowest BCUT2D eigenvalue weighted by molar-refractivity contribution is 0.588. The van der Waals surface area contributed by atoms with E-state index in [1.165, 1.54) is 57.4 Å². The van der Waals surface area contributed by atoms with Gasteiger partial charge in [-0.05, 0) is 12.8 Å². The van der Waals surface area contributed by atoms with Crippen molar-refractivity contribution < 1.29 is 0 Å². The number of H-pyrrole nitrogens is 1. The van der Waals surface area contributed by atoms with Gasteiger partial charge >= 0.3 is 0 Å². The van der Waals surface area contributed by atoms with E-state index < -0.39 is 0 Å². The highest BCUT2D eigenvalue weighted by Gasteiger charge is 1.97. The third kappa shape index (κ3) is 9.27. The van der Waals surface area contributed by atoms with Crippen LogP contribution in [0.5, 0.6) is 0 Å². The molecule has 1 aromatic heterocycles. The number of unbranched alkanes of at least 4 members (excludes halogenated alkanes) is 7. The summed E-state index contributed by atoms with van der Waals surface area (Å²) in [5.74, 6) is 1.04. The number of hydrogen-bond acceptors (Lipinski definition) is 3. The van der Waals surface area contributed by atoms with Crippen LogP contribution < -0.4 is 5.56 Å². The Morgan fingerprint density at radius 1 is 1.05 bits per heavy atom. The Hall–Kier alpha value is -0.290. The molecular weight excluding hydrogens is 324 g/mol. The van der Waals surface area contributed by atoms with Gasteiger partial charge in [0.05, 0.1) is 0 Å². The van der Waals surface area contributed by atoms with Crippen molar-refractivity contribution in [3.05, 3.63) is 22.6 Å². The van der Waals surface area contributed by atoms with Gasteiger partial charge in [-0.15, -0.1) is 0 Å². The molecule has 0 spiro atoms. The smallest absolute Gasteiger partial charge is 0.251 e. The van der Waals surface area contributed by atoms with E-state index in [4.69, 9.17) is 0 Å². The van der Waals surface area contributed by atoms with Crippen molar-refractivity contribution in [2.45, 2.75) is 56.5 Å². The van der Waals surface area contributed by atoms with Crippen molar-refractivity contribution in [1.82, 2.24) is 9.97 Å². The number of nitrogens with zero attached hydrogens (tertiary/aromatic N) is 1. The van der Waals surface area contributed by atoms with Crippen LogP contribution in [-0.4, -0.2) is 21.1 Å². The molecular formula is C14H23BrN2OS. The third-order valence-electron chi connectivity index (χ3n) is 2.91. The van der Waals surface area contributed by atoms with Gasteiger partial charge in [0.1, 0.15) is 0 Å². The molecule has 0 aliphatic heterocycles. The molecule has 3 nitrogen and oxygen atoms in total. The Balaban J connectivity index is 1.90. The lowest BCUT2D eigenvalue weighted by atomic mass is 10.1. The lowest BCUT2D eigenvalue weighted by Gasteiger charge is -2.02. The van der Waals surface area contributed by atoms with E-state index in [1.54, 1.807) is 18.0 Å². The maximum Gasteiger partial charge on any atom is 0.251 e. The average molecular weight is 347 g/mol. The summed E-state index contributed by atoms with van der Waals surface area (Å²) in [7, 11) is 0. The Kier molecular flexibility index (Phi) is 10.2. The fourth-order valence-corrected chi connectivity index (χ4v) is 3.10. The molecule has 0 atom stereocenters. The fourth-order valence-electron chi connectivity index (χ4n) is 1.85. The van der Waals surface area contributed by atoms with Crippen molar-refractivity contribution in [2.24, 2.45) is 0 Å². The molecule has 1 N–H and O–H groups in total. The number of hydrogen-bond donors (Lipinski definition) is 1. The monoisotopic (exact) mass is 346 g/mol. The lowest BCUT2D eigenvalue weighted by Crippen LogP contribution is -2.05. The Morgan fingerprint density at radius 2 is 1.68 bits per heavy atom. The fraction of sp³-hybridized carbons (Fsp3) is 0.714. The van der Waals surface area contributed by atoms with Crippen molar-refractivity contribution in [1.29, 1.82) is 0 Å². The zero-order valence-corrected chi connectivity index (χ0v) is 13.8. The molecule has 5 heteroatoms. The number of alkyl halides is 1. The molecule has 0 aromatic carbocycles. The Bertz CT molecular complexity index is 384. The summed E-state index contributed by atoms with van der Waals surface area (Å²) in [6, 6.07) is 1.44. The molecule has 0 unspecified atom stereocenters. The first-order chi connectivity index (χ1) is 9.33. The van der Waals surface area contributed by atoms with E-state index in [-0.39, 0.29) is 5.56 Å². The van der Waals surface area contributed by atoms with Gasteiger partial charge in [-0.3, -0.25) is 4.79 Å². The normalized spacial score (nSPS) is 10.8. The molecule has 0 radical (unpaired) electrons. The molecule has 0 fully saturated rings. The van der Waals surface area contributed by atoms with Gasteiger partial charge in [0.25, 0.3) is 5.56 Å². The number of aromatic amines is 1. The van der Waals surface area contributed by atoms with E-state index in [0.29, 0.717) is 0 Å². The SMILES string of the molecule is O=c1ccnc(SCCCCCCCCCCBr)[nH]1. The molecule has 0 aliphatic rings. The predicted molar refractivity (Wildman–Crippen MR) is 86.3 cm³/mol. The van der Waals surface area contributed by atoms with Gasteiger partial charge in [0.15, 0.2) is 5.16 Å². The molecule has 0 amide bonds. The first-order valence-electron chi connectivity index (χ1n) is 7.07. The van der Waals surface area contributed by atoms with Crippen LogP contribution in [0, 0.1) is 0 Å². The highest BCUT2D eigenvalue weighted by atomic mass is 79.9. The van der Waals surface area contributed by atoms with E-state index in [2.05, 4.69) is 25.9 Å². The second-order valence-electron chi connectivity index (χ2n) is 4.61. The van der Waals surface area contributed by atoms with Crippen LogP contribution in [0.1, 0.15) is 51.4 Å². The summed E-state index contributed by atoms with van der Waals surface area (Å²) in [5.41, 5.74) is -0.0685. The van der Waals surface area contributed by atoms with Crippen LogP contribution in [0.25, 0.3) is 0 Å². The summed E-state index contributed by atoms with van der Waals surface area (Å²) in [4.78, 5) is 17.9. The highest BCUT2D eigenvalue weighted by molar-refractivity contribution is 9.09. The first kappa shape index (κ1) is 16.8. The Morgan fingerprint density at radius 3 is 2.32 bits per heavy atom. The van der Waals surface area contributed by atoms with E-state index >= 15 is 0 Å². The predicted octanol–water partition coefficient (Wildman–Crippen LogP) is 4.38. The van der Waals surface area contributed by atoms with Crippen LogP contribution in [0.2, 0.25) is 0 Å². The van der Waals surface area contributed by atoms with E-state index in [9.17, 15) is 4.79 Å². The van der Waals surface area contributed by atoms with Crippen molar-refractivity contribution in [2.75, 3.05) is 11.1 Å². The number of aromatic nitrogens is 2. The number of rotatable bonds is 11. The van der Waals surface area contributed by atoms with Gasteiger partial charge in [-0.2, -0.15) is 0 Å². The minimum absolute atomic E-state index is 0.0685. The number of nitrogens with one attached hydrogen (secondary N) is 1. The van der Waals surface area contributed by atoms with Crippen LogP contribution in [0.4, 0.5) is 0 Å². The van der Waals surface area contributed by atoms with E-state index in [1.807, 2.05) is 0 Å². The quantitative estimate of drug-likeness (QED) is 0.280. The van der Waals surface area contributed by atoms with Gasteiger partial charge in [-0.25, -0.2) is 4.98 Å². The van der Waals surface area contributed by atoms with Crippen LogP contribution in [-0.2, 0) is 0 Å². The summed E-state index contributed by atoms with van der Waals surface area (Å²) in [5, 5.41) is 1.88. The maximum absolute atomic E-state index is 11.1. The van der Waals surface area contributed by atoms with Crippen molar-refractivity contribution >= 4 is 27.7 Å².